The summed E-state index contributed by atoms with van der Waals surface area (Å²) in [4.78, 5) is 4.06. The molecule has 0 radical (unpaired) electrons. The van der Waals surface area contributed by atoms with Gasteiger partial charge in [-0.2, -0.15) is 11.8 Å². The predicted octanol–water partition coefficient (Wildman–Crippen LogP) is 2.79. The van der Waals surface area contributed by atoms with Crippen molar-refractivity contribution in [2.75, 3.05) is 11.5 Å². The molecule has 1 aromatic rings. The number of pyridine rings is 1. The molecule has 0 aliphatic carbocycles. The molecule has 16 heavy (non-hydrogen) atoms. The van der Waals surface area contributed by atoms with Crippen molar-refractivity contribution in [3.05, 3.63) is 42.7 Å². The Labute approximate surface area is 102 Å². The number of aromatic nitrogens is 1. The molecule has 0 aromatic carbocycles. The van der Waals surface area contributed by atoms with Crippen LogP contribution in [0, 0.1) is 0 Å². The first-order valence-corrected chi connectivity index (χ1v) is 6.90. The van der Waals surface area contributed by atoms with Crippen molar-refractivity contribution in [2.24, 2.45) is 0 Å². The van der Waals surface area contributed by atoms with Crippen molar-refractivity contribution in [2.45, 2.75) is 24.9 Å². The lowest BCUT2D eigenvalue weighted by Crippen LogP contribution is -2.32. The minimum absolute atomic E-state index is 0.393. The molecule has 2 atom stereocenters. The Balaban J connectivity index is 2.01. The van der Waals surface area contributed by atoms with Crippen molar-refractivity contribution >= 4 is 11.8 Å². The van der Waals surface area contributed by atoms with E-state index in [9.17, 15) is 0 Å². The van der Waals surface area contributed by atoms with Crippen LogP contribution in [0.3, 0.4) is 0 Å². The van der Waals surface area contributed by atoms with Crippen molar-refractivity contribution < 1.29 is 0 Å². The molecule has 0 saturated carbocycles. The van der Waals surface area contributed by atoms with E-state index in [0.29, 0.717) is 12.1 Å². The van der Waals surface area contributed by atoms with E-state index >= 15 is 0 Å². The molecule has 2 heterocycles. The highest BCUT2D eigenvalue weighted by atomic mass is 32.2. The maximum Gasteiger partial charge on any atom is 0.0358 e. The molecule has 3 heteroatoms. The SMILES string of the molecule is C=CCC(NC1CCSC1)c1ccncc1. The van der Waals surface area contributed by atoms with E-state index in [1.807, 2.05) is 30.2 Å². The third-order valence-corrected chi connectivity index (χ3v) is 4.04. The highest BCUT2D eigenvalue weighted by Crippen LogP contribution is 2.23. The first-order valence-electron chi connectivity index (χ1n) is 5.75. The van der Waals surface area contributed by atoms with Gasteiger partial charge >= 0.3 is 0 Å². The summed E-state index contributed by atoms with van der Waals surface area (Å²) in [6, 6.07) is 5.22. The lowest BCUT2D eigenvalue weighted by molar-refractivity contribution is 0.463. The molecule has 86 valence electrons. The van der Waals surface area contributed by atoms with Crippen molar-refractivity contribution in [1.82, 2.24) is 10.3 Å². The van der Waals surface area contributed by atoms with Crippen LogP contribution in [0.1, 0.15) is 24.4 Å². The van der Waals surface area contributed by atoms with E-state index in [2.05, 4.69) is 29.0 Å². The highest BCUT2D eigenvalue weighted by molar-refractivity contribution is 7.99. The Morgan fingerprint density at radius 1 is 1.56 bits per heavy atom. The van der Waals surface area contributed by atoms with Crippen LogP contribution in [0.4, 0.5) is 0 Å². The molecule has 1 N–H and O–H groups in total. The topological polar surface area (TPSA) is 24.9 Å². The molecule has 2 unspecified atom stereocenters. The zero-order valence-corrected chi connectivity index (χ0v) is 10.2. The summed E-state index contributed by atoms with van der Waals surface area (Å²) in [6.45, 7) is 3.84. The minimum atomic E-state index is 0.393. The highest BCUT2D eigenvalue weighted by Gasteiger charge is 2.19. The summed E-state index contributed by atoms with van der Waals surface area (Å²) in [5, 5.41) is 3.71. The van der Waals surface area contributed by atoms with E-state index in [1.54, 1.807) is 0 Å². The van der Waals surface area contributed by atoms with Gasteiger partial charge in [-0.05, 0) is 36.3 Å². The van der Waals surface area contributed by atoms with E-state index in [4.69, 9.17) is 0 Å². The van der Waals surface area contributed by atoms with Gasteiger partial charge in [0.2, 0.25) is 0 Å². The number of nitrogens with zero attached hydrogens (tertiary/aromatic N) is 1. The maximum atomic E-state index is 4.06. The number of rotatable bonds is 5. The number of thioether (sulfide) groups is 1. The molecule has 0 bridgehead atoms. The first-order chi connectivity index (χ1) is 7.90. The second-order valence-corrected chi connectivity index (χ2v) is 5.23. The molecular formula is C13H18N2S. The van der Waals surface area contributed by atoms with Crippen LogP contribution in [0.25, 0.3) is 0 Å². The van der Waals surface area contributed by atoms with Crippen molar-refractivity contribution in [3.8, 4) is 0 Å². The maximum absolute atomic E-state index is 4.06. The molecule has 1 fully saturated rings. The molecule has 1 saturated heterocycles. The summed E-state index contributed by atoms with van der Waals surface area (Å²) in [5.41, 5.74) is 1.31. The largest absolute Gasteiger partial charge is 0.306 e. The van der Waals surface area contributed by atoms with Gasteiger partial charge in [0.25, 0.3) is 0 Å². The van der Waals surface area contributed by atoms with E-state index in [1.165, 1.54) is 23.5 Å². The van der Waals surface area contributed by atoms with Crippen molar-refractivity contribution in [1.29, 1.82) is 0 Å². The number of hydrogen-bond donors (Lipinski definition) is 1. The van der Waals surface area contributed by atoms with Gasteiger partial charge in [-0.25, -0.2) is 0 Å². The normalized spacial score (nSPS) is 21.9. The second-order valence-electron chi connectivity index (χ2n) is 4.08. The summed E-state index contributed by atoms with van der Waals surface area (Å²) in [7, 11) is 0. The third-order valence-electron chi connectivity index (χ3n) is 2.88. The standard InChI is InChI=1S/C13H18N2S/c1-2-3-13(11-4-7-14-8-5-11)15-12-6-9-16-10-12/h2,4-5,7-8,12-13,15H,1,3,6,9-10H2. The Morgan fingerprint density at radius 3 is 3.00 bits per heavy atom. The molecular weight excluding hydrogens is 216 g/mol. The van der Waals surface area contributed by atoms with Crippen LogP contribution < -0.4 is 5.32 Å². The molecule has 0 amide bonds. The number of nitrogens with one attached hydrogen (secondary N) is 1. The van der Waals surface area contributed by atoms with Crippen LogP contribution >= 0.6 is 11.8 Å². The van der Waals surface area contributed by atoms with Crippen LogP contribution in [0.15, 0.2) is 37.2 Å². The van der Waals surface area contributed by atoms with E-state index in [0.717, 1.165) is 6.42 Å². The molecule has 1 aliphatic rings. The van der Waals surface area contributed by atoms with Crippen LogP contribution in [0.2, 0.25) is 0 Å². The fourth-order valence-electron chi connectivity index (χ4n) is 2.01. The average molecular weight is 234 g/mol. The van der Waals surface area contributed by atoms with Gasteiger partial charge in [-0.3, -0.25) is 4.98 Å². The molecule has 2 rings (SSSR count). The van der Waals surface area contributed by atoms with Gasteiger partial charge in [0, 0.05) is 30.2 Å². The molecule has 2 nitrogen and oxygen atoms in total. The van der Waals surface area contributed by atoms with E-state index < -0.39 is 0 Å². The van der Waals surface area contributed by atoms with Crippen LogP contribution in [-0.2, 0) is 0 Å². The fraction of sp³-hybridized carbons (Fsp3) is 0.462. The van der Waals surface area contributed by atoms with Crippen LogP contribution in [0.5, 0.6) is 0 Å². The zero-order chi connectivity index (χ0) is 11.2. The lowest BCUT2D eigenvalue weighted by Gasteiger charge is -2.21. The van der Waals surface area contributed by atoms with Gasteiger partial charge < -0.3 is 5.32 Å². The summed E-state index contributed by atoms with van der Waals surface area (Å²) in [6.07, 6.45) is 7.96. The van der Waals surface area contributed by atoms with Gasteiger partial charge in [0.1, 0.15) is 0 Å². The quantitative estimate of drug-likeness (QED) is 0.793. The molecule has 1 aromatic heterocycles. The average Bonchev–Trinajstić information content (AvgIpc) is 2.83. The Bertz CT molecular complexity index is 320. The second kappa shape index (κ2) is 6.06. The molecule has 0 spiro atoms. The van der Waals surface area contributed by atoms with E-state index in [-0.39, 0.29) is 0 Å². The smallest absolute Gasteiger partial charge is 0.0358 e. The lowest BCUT2D eigenvalue weighted by atomic mass is 10.0. The monoisotopic (exact) mass is 234 g/mol. The Morgan fingerprint density at radius 2 is 2.38 bits per heavy atom. The molecule has 1 aliphatic heterocycles. The Kier molecular flexibility index (Phi) is 4.43. The van der Waals surface area contributed by atoms with Gasteiger partial charge in [0.05, 0.1) is 0 Å². The summed E-state index contributed by atoms with van der Waals surface area (Å²) in [5.74, 6) is 2.52. The van der Waals surface area contributed by atoms with Gasteiger partial charge in [0.15, 0.2) is 0 Å². The zero-order valence-electron chi connectivity index (χ0n) is 9.43. The summed E-state index contributed by atoms with van der Waals surface area (Å²) >= 11 is 2.04. The summed E-state index contributed by atoms with van der Waals surface area (Å²) < 4.78 is 0. The van der Waals surface area contributed by atoms with Gasteiger partial charge in [-0.15, -0.1) is 6.58 Å². The fourth-order valence-corrected chi connectivity index (χ4v) is 3.18. The van der Waals surface area contributed by atoms with Crippen molar-refractivity contribution in [3.63, 3.8) is 0 Å². The predicted molar refractivity (Wildman–Crippen MR) is 70.7 cm³/mol. The van der Waals surface area contributed by atoms with Crippen LogP contribution in [-0.4, -0.2) is 22.5 Å². The first kappa shape index (κ1) is 11.7. The van der Waals surface area contributed by atoms with Gasteiger partial charge in [-0.1, -0.05) is 6.08 Å². The minimum Gasteiger partial charge on any atom is -0.306 e. The number of hydrogen-bond acceptors (Lipinski definition) is 3. The third kappa shape index (κ3) is 3.09. The Hall–Kier alpha value is -0.800.